The number of thiazole rings is 1. The van der Waals surface area contributed by atoms with Crippen LogP contribution in [-0.2, 0) is 0 Å². The molecular weight excluding hydrogens is 376 g/mol. The van der Waals surface area contributed by atoms with Crippen LogP contribution >= 0.6 is 11.3 Å². The van der Waals surface area contributed by atoms with Crippen LogP contribution in [-0.4, -0.2) is 22.4 Å². The Bertz CT molecular complexity index is 1280. The van der Waals surface area contributed by atoms with Crippen LogP contribution in [0.15, 0.2) is 51.9 Å². The van der Waals surface area contributed by atoms with Gasteiger partial charge >= 0.3 is 0 Å². The summed E-state index contributed by atoms with van der Waals surface area (Å²) in [5.41, 5.74) is 9.49. The molecule has 0 spiro atoms. The third-order valence-electron chi connectivity index (χ3n) is 5.34. The van der Waals surface area contributed by atoms with Gasteiger partial charge in [-0.05, 0) is 63.4 Å². The van der Waals surface area contributed by atoms with Crippen LogP contribution in [0.5, 0.6) is 0 Å². The van der Waals surface area contributed by atoms with E-state index in [1.54, 1.807) is 11.3 Å². The molecule has 2 aromatic carbocycles. The van der Waals surface area contributed by atoms with Gasteiger partial charge in [-0.2, -0.15) is 5.10 Å². The summed E-state index contributed by atoms with van der Waals surface area (Å²) in [6.45, 7) is 11.3. The zero-order valence-corrected chi connectivity index (χ0v) is 18.4. The molecule has 0 fully saturated rings. The van der Waals surface area contributed by atoms with E-state index in [2.05, 4.69) is 80.3 Å². The lowest BCUT2D eigenvalue weighted by Gasteiger charge is -2.10. The monoisotopic (exact) mass is 402 g/mol. The first-order valence-corrected chi connectivity index (χ1v) is 10.8. The van der Waals surface area contributed by atoms with Gasteiger partial charge in [0.15, 0.2) is 0 Å². The first-order valence-electron chi connectivity index (χ1n) is 9.90. The van der Waals surface area contributed by atoms with Gasteiger partial charge in [0.2, 0.25) is 4.80 Å². The predicted molar refractivity (Wildman–Crippen MR) is 124 cm³/mol. The second kappa shape index (κ2) is 7.84. The number of para-hydroxylation sites is 1. The number of nitrogens with one attached hydrogen (secondary N) is 1. The molecule has 0 aliphatic heterocycles. The lowest BCUT2D eigenvalue weighted by Crippen LogP contribution is -2.13. The number of aromatic amines is 1. The first kappa shape index (κ1) is 19.4. The number of hydrogen-bond donors (Lipinski definition) is 1. The number of H-pyrrole nitrogens is 1. The van der Waals surface area contributed by atoms with Crippen LogP contribution in [0.2, 0.25) is 0 Å². The Morgan fingerprint density at radius 2 is 1.79 bits per heavy atom. The smallest absolute Gasteiger partial charge is 0.206 e. The highest BCUT2D eigenvalue weighted by molar-refractivity contribution is 7.07. The maximum atomic E-state index is 4.90. The molecule has 0 saturated carbocycles. The van der Waals surface area contributed by atoms with E-state index in [0.29, 0.717) is 0 Å². The largest absolute Gasteiger partial charge is 0.358 e. The van der Waals surface area contributed by atoms with Crippen molar-refractivity contribution < 1.29 is 0 Å². The summed E-state index contributed by atoms with van der Waals surface area (Å²) in [4.78, 5) is 9.02. The van der Waals surface area contributed by atoms with E-state index in [1.807, 2.05) is 17.0 Å². The second-order valence-corrected chi connectivity index (χ2v) is 8.23. The molecule has 5 heteroatoms. The van der Waals surface area contributed by atoms with Gasteiger partial charge in [-0.25, -0.2) is 4.68 Å². The van der Waals surface area contributed by atoms with E-state index >= 15 is 0 Å². The summed E-state index contributed by atoms with van der Waals surface area (Å²) in [5.74, 6) is 0. The molecule has 0 amide bonds. The van der Waals surface area contributed by atoms with Crippen molar-refractivity contribution in [2.45, 2.75) is 34.6 Å². The minimum atomic E-state index is 0.730. The lowest BCUT2D eigenvalue weighted by atomic mass is 9.99. The van der Waals surface area contributed by atoms with Crippen molar-refractivity contribution in [2.24, 2.45) is 10.1 Å². The van der Waals surface area contributed by atoms with Gasteiger partial charge in [0, 0.05) is 39.6 Å². The molecule has 0 unspecified atom stereocenters. The molecule has 0 atom stereocenters. The minimum Gasteiger partial charge on any atom is -0.358 e. The van der Waals surface area contributed by atoms with Gasteiger partial charge in [0.25, 0.3) is 0 Å². The van der Waals surface area contributed by atoms with Crippen LogP contribution in [0.1, 0.15) is 34.9 Å². The molecule has 0 aliphatic rings. The molecule has 2 aromatic heterocycles. The quantitative estimate of drug-likeness (QED) is 0.424. The molecule has 4 rings (SSSR count). The van der Waals surface area contributed by atoms with Crippen molar-refractivity contribution in [2.75, 3.05) is 6.54 Å². The third kappa shape index (κ3) is 3.58. The van der Waals surface area contributed by atoms with Crippen molar-refractivity contribution >= 4 is 28.5 Å². The van der Waals surface area contributed by atoms with Crippen molar-refractivity contribution in [1.29, 1.82) is 0 Å². The highest BCUT2D eigenvalue weighted by atomic mass is 32.1. The molecule has 0 bridgehead atoms. The van der Waals surface area contributed by atoms with E-state index in [1.165, 1.54) is 27.6 Å². The van der Waals surface area contributed by atoms with Gasteiger partial charge in [-0.1, -0.05) is 24.3 Å². The highest BCUT2D eigenvalue weighted by Gasteiger charge is 2.12. The van der Waals surface area contributed by atoms with Crippen molar-refractivity contribution in [3.05, 3.63) is 74.5 Å². The Morgan fingerprint density at radius 1 is 1.03 bits per heavy atom. The van der Waals surface area contributed by atoms with E-state index in [0.717, 1.165) is 33.8 Å². The van der Waals surface area contributed by atoms with Crippen molar-refractivity contribution in [3.63, 3.8) is 0 Å². The molecule has 2 heterocycles. The van der Waals surface area contributed by atoms with Crippen LogP contribution in [0, 0.1) is 27.7 Å². The van der Waals surface area contributed by atoms with Crippen molar-refractivity contribution in [3.8, 4) is 11.3 Å². The predicted octanol–water partition coefficient (Wildman–Crippen LogP) is 5.73. The molecule has 1 N–H and O–H groups in total. The average Bonchev–Trinajstić information content (AvgIpc) is 3.23. The molecule has 29 heavy (non-hydrogen) atoms. The summed E-state index contributed by atoms with van der Waals surface area (Å²) in [7, 11) is 0. The summed E-state index contributed by atoms with van der Waals surface area (Å²) in [6, 6.07) is 12.8. The summed E-state index contributed by atoms with van der Waals surface area (Å²) in [5, 5.41) is 8.24. The summed E-state index contributed by atoms with van der Waals surface area (Å²) in [6.07, 6.45) is 1.95. The van der Waals surface area contributed by atoms with E-state index < -0.39 is 0 Å². The van der Waals surface area contributed by atoms with Gasteiger partial charge < -0.3 is 4.98 Å². The Labute approximate surface area is 175 Å². The molecule has 0 radical (unpaired) electrons. The average molecular weight is 403 g/mol. The normalized spacial score (nSPS) is 12.5. The summed E-state index contributed by atoms with van der Waals surface area (Å²) < 4.78 is 1.98. The maximum absolute atomic E-state index is 4.90. The SMILES string of the molecule is CCN=c1scc(-c2cc(C)c(C)cc2C)n1N=Cc1c(C)[nH]c2ccccc12. The highest BCUT2D eigenvalue weighted by Crippen LogP contribution is 2.27. The fourth-order valence-corrected chi connectivity index (χ4v) is 4.55. The number of hydrogen-bond acceptors (Lipinski definition) is 3. The summed E-state index contributed by atoms with van der Waals surface area (Å²) >= 11 is 1.63. The van der Waals surface area contributed by atoms with E-state index in [9.17, 15) is 0 Å². The fourth-order valence-electron chi connectivity index (χ4n) is 3.66. The van der Waals surface area contributed by atoms with E-state index in [-0.39, 0.29) is 0 Å². The molecule has 0 aliphatic carbocycles. The van der Waals surface area contributed by atoms with Crippen LogP contribution < -0.4 is 4.80 Å². The Hall–Kier alpha value is -2.92. The van der Waals surface area contributed by atoms with Crippen molar-refractivity contribution in [1.82, 2.24) is 9.66 Å². The Kier molecular flexibility index (Phi) is 5.24. The van der Waals surface area contributed by atoms with Crippen LogP contribution in [0.25, 0.3) is 22.2 Å². The molecular formula is C24H26N4S. The molecule has 148 valence electrons. The standard InChI is InChI=1S/C24H26N4S/c1-6-25-24-28(23(14-29-24)20-12-16(3)15(2)11-17(20)4)26-13-21-18(5)27-22-10-8-7-9-19(21)22/h7-14,27H,6H2,1-5H3. The fraction of sp³-hybridized carbons (Fsp3) is 0.250. The number of nitrogens with zero attached hydrogens (tertiary/aromatic N) is 3. The van der Waals surface area contributed by atoms with Crippen LogP contribution in [0.3, 0.4) is 0 Å². The first-order chi connectivity index (χ1) is 14.0. The topological polar surface area (TPSA) is 45.4 Å². The number of aryl methyl sites for hydroxylation is 4. The second-order valence-electron chi connectivity index (χ2n) is 7.39. The molecule has 0 saturated heterocycles. The van der Waals surface area contributed by atoms with Gasteiger partial charge in [0.1, 0.15) is 0 Å². The van der Waals surface area contributed by atoms with Gasteiger partial charge in [-0.15, -0.1) is 11.3 Å². The lowest BCUT2D eigenvalue weighted by molar-refractivity contribution is 0.832. The number of aromatic nitrogens is 2. The maximum Gasteiger partial charge on any atom is 0.206 e. The number of fused-ring (bicyclic) bond motifs is 1. The minimum absolute atomic E-state index is 0.730. The Balaban J connectivity index is 1.88. The molecule has 4 nitrogen and oxygen atoms in total. The Morgan fingerprint density at radius 3 is 2.59 bits per heavy atom. The van der Waals surface area contributed by atoms with Gasteiger partial charge in [-0.3, -0.25) is 4.99 Å². The van der Waals surface area contributed by atoms with E-state index in [4.69, 9.17) is 5.10 Å². The third-order valence-corrected chi connectivity index (χ3v) is 6.20. The van der Waals surface area contributed by atoms with Gasteiger partial charge in [0.05, 0.1) is 11.9 Å². The zero-order chi connectivity index (χ0) is 20.5. The number of rotatable bonds is 4. The molecule has 4 aromatic rings. The number of benzene rings is 2. The van der Waals surface area contributed by atoms with Crippen LogP contribution in [0.4, 0.5) is 0 Å². The zero-order valence-electron chi connectivity index (χ0n) is 17.6.